The SMILES string of the molecule is C1=Cc2cccc3c2C2C1=CC=C1C=Cc4cccc-3c4C12. The van der Waals surface area contributed by atoms with Gasteiger partial charge in [-0.05, 0) is 44.5 Å². The zero-order valence-corrected chi connectivity index (χ0v) is 12.1. The monoisotopic (exact) mass is 278 g/mol. The van der Waals surface area contributed by atoms with E-state index in [-0.39, 0.29) is 0 Å². The highest BCUT2D eigenvalue weighted by atomic mass is 14.4. The lowest BCUT2D eigenvalue weighted by Gasteiger charge is -2.43. The van der Waals surface area contributed by atoms with Crippen LogP contribution in [0.15, 0.2) is 71.8 Å². The van der Waals surface area contributed by atoms with E-state index in [1.165, 1.54) is 44.5 Å². The van der Waals surface area contributed by atoms with Gasteiger partial charge >= 0.3 is 0 Å². The lowest BCUT2D eigenvalue weighted by molar-refractivity contribution is 0.666. The fourth-order valence-electron chi connectivity index (χ4n) is 4.76. The molecule has 102 valence electrons. The fraction of sp³-hybridized carbons (Fsp3) is 0.0909. The average molecular weight is 278 g/mol. The Morgan fingerprint density at radius 2 is 1.05 bits per heavy atom. The van der Waals surface area contributed by atoms with Crippen molar-refractivity contribution in [2.24, 2.45) is 0 Å². The second-order valence-corrected chi connectivity index (χ2v) is 6.57. The zero-order chi connectivity index (χ0) is 14.3. The van der Waals surface area contributed by atoms with Gasteiger partial charge in [-0.1, -0.05) is 72.9 Å². The number of hydrogen-bond donors (Lipinski definition) is 0. The summed E-state index contributed by atoms with van der Waals surface area (Å²) in [7, 11) is 0. The normalized spacial score (nSPS) is 24.5. The van der Waals surface area contributed by atoms with E-state index in [0.717, 1.165) is 0 Å². The topological polar surface area (TPSA) is 0 Å². The molecule has 0 radical (unpaired) electrons. The van der Waals surface area contributed by atoms with Crippen molar-refractivity contribution in [3.63, 3.8) is 0 Å². The molecule has 4 aliphatic rings. The van der Waals surface area contributed by atoms with Crippen molar-refractivity contribution in [2.45, 2.75) is 11.8 Å². The van der Waals surface area contributed by atoms with Crippen molar-refractivity contribution >= 4 is 12.2 Å². The van der Waals surface area contributed by atoms with E-state index in [0.29, 0.717) is 11.8 Å². The van der Waals surface area contributed by atoms with Crippen LogP contribution in [0.3, 0.4) is 0 Å². The molecule has 0 N–H and O–H groups in total. The molecule has 0 nitrogen and oxygen atoms in total. The summed E-state index contributed by atoms with van der Waals surface area (Å²) in [5.74, 6) is 0.990. The van der Waals surface area contributed by atoms with Gasteiger partial charge in [-0.15, -0.1) is 0 Å². The van der Waals surface area contributed by atoms with Crippen LogP contribution in [-0.4, -0.2) is 0 Å². The minimum Gasteiger partial charge on any atom is -0.0610 e. The Morgan fingerprint density at radius 3 is 1.55 bits per heavy atom. The van der Waals surface area contributed by atoms with E-state index in [1.54, 1.807) is 0 Å². The number of allylic oxidation sites excluding steroid dienone is 6. The van der Waals surface area contributed by atoms with E-state index in [1.807, 2.05) is 0 Å². The van der Waals surface area contributed by atoms with Crippen LogP contribution in [0, 0.1) is 0 Å². The van der Waals surface area contributed by atoms with Crippen molar-refractivity contribution in [3.8, 4) is 11.1 Å². The number of fused-ring (bicyclic) bond motifs is 1. The summed E-state index contributed by atoms with van der Waals surface area (Å²) in [6.45, 7) is 0. The summed E-state index contributed by atoms with van der Waals surface area (Å²) in [5, 5.41) is 0. The molecule has 0 heteroatoms. The molecule has 4 aliphatic carbocycles. The summed E-state index contributed by atoms with van der Waals surface area (Å²) < 4.78 is 0. The molecular weight excluding hydrogens is 264 g/mol. The first-order chi connectivity index (χ1) is 10.9. The molecule has 6 rings (SSSR count). The maximum absolute atomic E-state index is 2.32. The lowest BCUT2D eigenvalue weighted by Crippen LogP contribution is -2.26. The summed E-state index contributed by atoms with van der Waals surface area (Å²) in [4.78, 5) is 0. The summed E-state index contributed by atoms with van der Waals surface area (Å²) in [6, 6.07) is 13.5. The molecule has 2 aromatic rings. The number of benzene rings is 2. The highest BCUT2D eigenvalue weighted by Gasteiger charge is 2.42. The lowest BCUT2D eigenvalue weighted by atomic mass is 9.60. The van der Waals surface area contributed by atoms with E-state index in [4.69, 9.17) is 0 Å². The van der Waals surface area contributed by atoms with Crippen molar-refractivity contribution in [1.82, 2.24) is 0 Å². The third kappa shape index (κ3) is 1.13. The predicted molar refractivity (Wildman–Crippen MR) is 91.6 cm³/mol. The quantitative estimate of drug-likeness (QED) is 0.600. The maximum atomic E-state index is 2.32. The van der Waals surface area contributed by atoms with Gasteiger partial charge in [0.2, 0.25) is 0 Å². The van der Waals surface area contributed by atoms with Crippen LogP contribution < -0.4 is 0 Å². The summed E-state index contributed by atoms with van der Waals surface area (Å²) in [5.41, 5.74) is 11.6. The van der Waals surface area contributed by atoms with Crippen LogP contribution in [0.2, 0.25) is 0 Å². The molecule has 0 spiro atoms. The highest BCUT2D eigenvalue weighted by molar-refractivity contribution is 5.88. The first-order valence-corrected chi connectivity index (χ1v) is 7.96. The first-order valence-electron chi connectivity index (χ1n) is 7.96. The van der Waals surface area contributed by atoms with Crippen molar-refractivity contribution in [3.05, 3.63) is 94.1 Å². The first kappa shape index (κ1) is 11.0. The fourth-order valence-corrected chi connectivity index (χ4v) is 4.76. The molecule has 0 bridgehead atoms. The van der Waals surface area contributed by atoms with Gasteiger partial charge in [-0.25, -0.2) is 0 Å². The summed E-state index contributed by atoms with van der Waals surface area (Å²) in [6.07, 6.45) is 13.8. The van der Waals surface area contributed by atoms with E-state index < -0.39 is 0 Å². The molecule has 2 aromatic carbocycles. The van der Waals surface area contributed by atoms with Gasteiger partial charge in [0.1, 0.15) is 0 Å². The Balaban J connectivity index is 1.85. The third-order valence-corrected chi connectivity index (χ3v) is 5.62. The molecule has 22 heavy (non-hydrogen) atoms. The summed E-state index contributed by atoms with van der Waals surface area (Å²) >= 11 is 0. The van der Waals surface area contributed by atoms with Crippen LogP contribution in [-0.2, 0) is 0 Å². The maximum Gasteiger partial charge on any atom is 0.0211 e. The van der Waals surface area contributed by atoms with Crippen LogP contribution in [0.1, 0.15) is 34.1 Å². The van der Waals surface area contributed by atoms with Crippen LogP contribution in [0.25, 0.3) is 23.3 Å². The standard InChI is InChI=1S/C22H14/c1-3-13-7-9-15-11-12-16-10-8-14-4-2-6-18-17(5-1)19(13)21(15)22(16)20(14)18/h1-12,21-22H. The molecular formula is C22H14. The van der Waals surface area contributed by atoms with Crippen molar-refractivity contribution in [1.29, 1.82) is 0 Å². The minimum atomic E-state index is 0.495. The van der Waals surface area contributed by atoms with Gasteiger partial charge in [0.05, 0.1) is 0 Å². The molecule has 0 heterocycles. The Kier molecular flexibility index (Phi) is 1.80. The van der Waals surface area contributed by atoms with E-state index >= 15 is 0 Å². The van der Waals surface area contributed by atoms with Gasteiger partial charge in [-0.2, -0.15) is 0 Å². The molecule has 0 aliphatic heterocycles. The smallest absolute Gasteiger partial charge is 0.0211 e. The van der Waals surface area contributed by atoms with Gasteiger partial charge in [-0.3, -0.25) is 0 Å². The van der Waals surface area contributed by atoms with E-state index in [9.17, 15) is 0 Å². The van der Waals surface area contributed by atoms with E-state index in [2.05, 4.69) is 72.9 Å². The molecule has 0 amide bonds. The van der Waals surface area contributed by atoms with Crippen LogP contribution in [0.4, 0.5) is 0 Å². The molecule has 0 saturated heterocycles. The average Bonchev–Trinajstić information content (AvgIpc) is 2.59. The molecule has 0 fully saturated rings. The van der Waals surface area contributed by atoms with Gasteiger partial charge in [0.15, 0.2) is 0 Å². The second kappa shape index (κ2) is 3.59. The molecule has 0 saturated carbocycles. The zero-order valence-electron chi connectivity index (χ0n) is 12.1. The largest absolute Gasteiger partial charge is 0.0610 e. The minimum absolute atomic E-state index is 0.495. The van der Waals surface area contributed by atoms with Gasteiger partial charge in [0.25, 0.3) is 0 Å². The van der Waals surface area contributed by atoms with Crippen LogP contribution >= 0.6 is 0 Å². The number of hydrogen-bond acceptors (Lipinski definition) is 0. The predicted octanol–water partition coefficient (Wildman–Crippen LogP) is 5.45. The Labute approximate surface area is 129 Å². The van der Waals surface area contributed by atoms with Gasteiger partial charge in [0, 0.05) is 11.8 Å². The Bertz CT molecular complexity index is 898. The molecule has 2 atom stereocenters. The van der Waals surface area contributed by atoms with Crippen LogP contribution in [0.5, 0.6) is 0 Å². The Morgan fingerprint density at radius 1 is 0.545 bits per heavy atom. The third-order valence-electron chi connectivity index (χ3n) is 5.62. The number of rotatable bonds is 0. The molecule has 0 aromatic heterocycles. The second-order valence-electron chi connectivity index (χ2n) is 6.57. The highest BCUT2D eigenvalue weighted by Crippen LogP contribution is 2.59. The van der Waals surface area contributed by atoms with Gasteiger partial charge < -0.3 is 0 Å². The molecule has 2 unspecified atom stereocenters. The Hall–Kier alpha value is -2.60. The van der Waals surface area contributed by atoms with Crippen molar-refractivity contribution < 1.29 is 0 Å². The van der Waals surface area contributed by atoms with Crippen molar-refractivity contribution in [2.75, 3.05) is 0 Å².